The summed E-state index contributed by atoms with van der Waals surface area (Å²) in [5, 5.41) is 5.46. The Balaban J connectivity index is 2.45. The predicted octanol–water partition coefficient (Wildman–Crippen LogP) is 3.09. The normalized spacial score (nSPS) is 9.94. The van der Waals surface area contributed by atoms with Crippen LogP contribution in [-0.4, -0.2) is 16.5 Å². The first-order chi connectivity index (χ1) is 7.72. The Morgan fingerprint density at radius 1 is 1.50 bits per heavy atom. The maximum Gasteiger partial charge on any atom is 0.224 e. The van der Waals surface area contributed by atoms with Gasteiger partial charge in [0.15, 0.2) is 0 Å². The second-order valence-corrected chi connectivity index (χ2v) is 4.44. The minimum absolute atomic E-state index is 0.265. The summed E-state index contributed by atoms with van der Waals surface area (Å²) in [6.45, 7) is 4.38. The fourth-order valence-corrected chi connectivity index (χ4v) is 2.46. The van der Waals surface area contributed by atoms with Crippen LogP contribution in [0.15, 0.2) is 5.38 Å². The molecule has 2 rings (SSSR count). The summed E-state index contributed by atoms with van der Waals surface area (Å²) in [6.07, 6.45) is 0. The van der Waals surface area contributed by atoms with Crippen LogP contribution in [-0.2, 0) is 0 Å². The lowest BCUT2D eigenvalue weighted by molar-refractivity contribution is 1.19. The molecule has 0 saturated carbocycles. The van der Waals surface area contributed by atoms with Crippen molar-refractivity contribution in [3.63, 3.8) is 0 Å². The molecule has 0 spiro atoms. The van der Waals surface area contributed by atoms with Crippen LogP contribution in [0.2, 0.25) is 5.28 Å². The van der Waals surface area contributed by atoms with Crippen LogP contribution in [0.5, 0.6) is 0 Å². The number of halogens is 1. The highest BCUT2D eigenvalue weighted by molar-refractivity contribution is 7.18. The number of hydrogen-bond acceptors (Lipinski definition) is 4. The van der Waals surface area contributed by atoms with Crippen molar-refractivity contribution in [3.05, 3.63) is 16.2 Å². The summed E-state index contributed by atoms with van der Waals surface area (Å²) in [5.41, 5.74) is 2.03. The Labute approximate surface area is 103 Å². The molecule has 0 atom stereocenters. The van der Waals surface area contributed by atoms with Crippen LogP contribution in [0.3, 0.4) is 0 Å². The topological polar surface area (TPSA) is 37.8 Å². The molecule has 3 nitrogen and oxygen atoms in total. The number of fused-ring (bicyclic) bond motifs is 1. The van der Waals surface area contributed by atoms with Gasteiger partial charge in [0.05, 0.1) is 16.8 Å². The zero-order valence-electron chi connectivity index (χ0n) is 8.97. The molecular formula is C11H10ClN3S. The molecule has 0 unspecified atom stereocenters. The quantitative estimate of drug-likeness (QED) is 0.658. The molecule has 0 amide bonds. The van der Waals surface area contributed by atoms with Crippen LogP contribution >= 0.6 is 22.9 Å². The first-order valence-corrected chi connectivity index (χ1v) is 6.03. The van der Waals surface area contributed by atoms with Gasteiger partial charge in [-0.25, -0.2) is 4.98 Å². The van der Waals surface area contributed by atoms with E-state index >= 15 is 0 Å². The average Bonchev–Trinajstić information content (AvgIpc) is 2.61. The van der Waals surface area contributed by atoms with E-state index in [4.69, 9.17) is 11.6 Å². The minimum atomic E-state index is 0.265. The van der Waals surface area contributed by atoms with Gasteiger partial charge in [-0.1, -0.05) is 5.92 Å². The maximum atomic E-state index is 5.87. The van der Waals surface area contributed by atoms with E-state index in [1.54, 1.807) is 18.3 Å². The molecule has 0 aliphatic carbocycles. The number of aryl methyl sites for hydroxylation is 1. The molecule has 0 radical (unpaired) electrons. The van der Waals surface area contributed by atoms with Crippen molar-refractivity contribution in [2.75, 3.05) is 11.9 Å². The summed E-state index contributed by atoms with van der Waals surface area (Å²) >= 11 is 7.48. The van der Waals surface area contributed by atoms with E-state index in [2.05, 4.69) is 27.1 Å². The molecule has 0 saturated heterocycles. The zero-order chi connectivity index (χ0) is 11.5. The van der Waals surface area contributed by atoms with Crippen molar-refractivity contribution < 1.29 is 0 Å². The van der Waals surface area contributed by atoms with Crippen molar-refractivity contribution in [1.29, 1.82) is 0 Å². The molecular weight excluding hydrogens is 242 g/mol. The number of thiophene rings is 1. The molecule has 16 heavy (non-hydrogen) atoms. The highest BCUT2D eigenvalue weighted by Crippen LogP contribution is 2.30. The fourth-order valence-electron chi connectivity index (χ4n) is 1.34. The average molecular weight is 252 g/mol. The van der Waals surface area contributed by atoms with E-state index in [1.807, 2.05) is 12.3 Å². The fraction of sp³-hybridized carbons (Fsp3) is 0.273. The third-order valence-electron chi connectivity index (χ3n) is 2.09. The van der Waals surface area contributed by atoms with Crippen molar-refractivity contribution in [1.82, 2.24) is 9.97 Å². The van der Waals surface area contributed by atoms with Gasteiger partial charge < -0.3 is 5.32 Å². The lowest BCUT2D eigenvalue weighted by Gasteiger charge is -2.03. The molecule has 1 N–H and O–H groups in total. The molecule has 2 aromatic heterocycles. The summed E-state index contributed by atoms with van der Waals surface area (Å²) in [5.74, 6) is 6.51. The molecule has 82 valence electrons. The van der Waals surface area contributed by atoms with E-state index in [1.165, 1.54) is 0 Å². The van der Waals surface area contributed by atoms with E-state index in [9.17, 15) is 0 Å². The van der Waals surface area contributed by atoms with Crippen molar-refractivity contribution in [2.45, 2.75) is 13.8 Å². The predicted molar refractivity (Wildman–Crippen MR) is 69.1 cm³/mol. The van der Waals surface area contributed by atoms with Crippen LogP contribution in [0, 0.1) is 18.8 Å². The molecule has 0 aromatic carbocycles. The van der Waals surface area contributed by atoms with Gasteiger partial charge in [-0.3, -0.25) is 0 Å². The smallest absolute Gasteiger partial charge is 0.224 e. The van der Waals surface area contributed by atoms with Gasteiger partial charge in [-0.05, 0) is 36.4 Å². The molecule has 0 aliphatic heterocycles. The standard InChI is InChI=1S/C11H10ClN3S/c1-3-4-5-13-10-9-8(7(2)6-16-9)14-11(12)15-10/h6H,5H2,1-2H3,(H,13,14,15). The number of anilines is 1. The van der Waals surface area contributed by atoms with Crippen LogP contribution in [0.1, 0.15) is 12.5 Å². The van der Waals surface area contributed by atoms with Gasteiger partial charge in [0, 0.05) is 0 Å². The van der Waals surface area contributed by atoms with Crippen molar-refractivity contribution in [2.24, 2.45) is 0 Å². The first-order valence-electron chi connectivity index (χ1n) is 4.77. The van der Waals surface area contributed by atoms with E-state index in [0.717, 1.165) is 21.6 Å². The molecule has 0 aliphatic rings. The summed E-state index contributed by atoms with van der Waals surface area (Å²) in [4.78, 5) is 8.39. The molecule has 2 heterocycles. The van der Waals surface area contributed by atoms with Crippen LogP contribution in [0.25, 0.3) is 10.2 Å². The summed E-state index contributed by atoms with van der Waals surface area (Å²) < 4.78 is 1.03. The molecule has 0 bridgehead atoms. The lowest BCUT2D eigenvalue weighted by Crippen LogP contribution is -2.02. The van der Waals surface area contributed by atoms with Crippen molar-refractivity contribution >= 4 is 39.0 Å². The van der Waals surface area contributed by atoms with Crippen LogP contribution < -0.4 is 5.32 Å². The van der Waals surface area contributed by atoms with E-state index in [-0.39, 0.29) is 5.28 Å². The highest BCUT2D eigenvalue weighted by atomic mass is 35.5. The van der Waals surface area contributed by atoms with Crippen molar-refractivity contribution in [3.8, 4) is 11.8 Å². The maximum absolute atomic E-state index is 5.87. The van der Waals surface area contributed by atoms with Crippen LogP contribution in [0.4, 0.5) is 5.82 Å². The third-order valence-corrected chi connectivity index (χ3v) is 3.35. The second kappa shape index (κ2) is 4.69. The Kier molecular flexibility index (Phi) is 3.28. The highest BCUT2D eigenvalue weighted by Gasteiger charge is 2.09. The van der Waals surface area contributed by atoms with Gasteiger partial charge in [0.2, 0.25) is 5.28 Å². The third kappa shape index (κ3) is 2.11. The number of nitrogens with zero attached hydrogens (tertiary/aromatic N) is 2. The summed E-state index contributed by atoms with van der Waals surface area (Å²) in [7, 11) is 0. The second-order valence-electron chi connectivity index (χ2n) is 3.22. The Hall–Kier alpha value is -1.31. The number of nitrogens with one attached hydrogen (secondary N) is 1. The van der Waals surface area contributed by atoms with Gasteiger partial charge in [0.25, 0.3) is 0 Å². The van der Waals surface area contributed by atoms with Gasteiger partial charge in [0.1, 0.15) is 5.82 Å². The van der Waals surface area contributed by atoms with Gasteiger partial charge in [-0.2, -0.15) is 4.98 Å². The monoisotopic (exact) mass is 251 g/mol. The largest absolute Gasteiger partial charge is 0.358 e. The SMILES string of the molecule is CC#CCNc1nc(Cl)nc2c(C)csc12. The van der Waals surface area contributed by atoms with E-state index < -0.39 is 0 Å². The minimum Gasteiger partial charge on any atom is -0.358 e. The Morgan fingerprint density at radius 2 is 2.31 bits per heavy atom. The zero-order valence-corrected chi connectivity index (χ0v) is 10.5. The number of rotatable bonds is 2. The molecule has 0 fully saturated rings. The van der Waals surface area contributed by atoms with E-state index in [0.29, 0.717) is 6.54 Å². The van der Waals surface area contributed by atoms with Gasteiger partial charge >= 0.3 is 0 Å². The Morgan fingerprint density at radius 3 is 3.06 bits per heavy atom. The molecule has 5 heteroatoms. The molecule has 2 aromatic rings. The first kappa shape index (κ1) is 11.2. The number of aromatic nitrogens is 2. The van der Waals surface area contributed by atoms with Gasteiger partial charge in [-0.15, -0.1) is 17.3 Å². The summed E-state index contributed by atoms with van der Waals surface area (Å²) in [6, 6.07) is 0. The lowest BCUT2D eigenvalue weighted by atomic mass is 10.3. The Bertz CT molecular complexity index is 580. The number of hydrogen-bond donors (Lipinski definition) is 1.